The number of carbonyl (C=O) groups excluding carboxylic acids is 1. The number of piperidine rings is 1. The van der Waals surface area contributed by atoms with Crippen molar-refractivity contribution in [3.63, 3.8) is 0 Å². The molecule has 2 aromatic carbocycles. The van der Waals surface area contributed by atoms with Crippen molar-refractivity contribution < 1.29 is 14.3 Å². The summed E-state index contributed by atoms with van der Waals surface area (Å²) in [5.41, 5.74) is 8.84. The number of hydrogen-bond acceptors (Lipinski definition) is 7. The number of likely N-dealkylation sites (tertiary alicyclic amines) is 1. The number of rotatable bonds is 7. The predicted octanol–water partition coefficient (Wildman–Crippen LogP) is 6.73. The lowest BCUT2D eigenvalue weighted by Gasteiger charge is -2.56. The second kappa shape index (κ2) is 13.9. The first kappa shape index (κ1) is 36.2. The number of nitriles is 1. The number of hydrogen-bond donors (Lipinski definition) is 0. The van der Waals surface area contributed by atoms with Gasteiger partial charge in [-0.2, -0.15) is 5.26 Å². The third-order valence-electron chi connectivity index (χ3n) is 11.4. The van der Waals surface area contributed by atoms with Gasteiger partial charge in [0.2, 0.25) is 0 Å². The van der Waals surface area contributed by atoms with E-state index in [-0.39, 0.29) is 28.5 Å². The third kappa shape index (κ3) is 6.91. The molecular formula is C42H53N5O4. The summed E-state index contributed by atoms with van der Waals surface area (Å²) in [5.74, 6) is 1.41. The zero-order valence-corrected chi connectivity index (χ0v) is 31.9. The SMILES string of the molecule is COc1cc(-c2cn(C)c(=O)c(C)c2C)cc(OC)c1CN1CCC2(CC1)CN(c1cccc3c1CCN(C(=O)/C(C#N)=C/C(C)(C)C)[C@@H]3C)C2. The van der Waals surface area contributed by atoms with Crippen molar-refractivity contribution in [2.75, 3.05) is 51.8 Å². The van der Waals surface area contributed by atoms with Crippen molar-refractivity contribution in [2.24, 2.45) is 17.9 Å². The Hall–Kier alpha value is -4.55. The number of pyridine rings is 1. The van der Waals surface area contributed by atoms with Gasteiger partial charge in [-0.3, -0.25) is 14.5 Å². The summed E-state index contributed by atoms with van der Waals surface area (Å²) in [4.78, 5) is 32.9. The maximum atomic E-state index is 13.4. The molecule has 270 valence electrons. The van der Waals surface area contributed by atoms with Crippen LogP contribution in [0.1, 0.15) is 74.4 Å². The first-order chi connectivity index (χ1) is 24.2. The molecule has 1 aromatic heterocycles. The fraction of sp³-hybridized carbons (Fsp3) is 0.500. The molecule has 3 aliphatic heterocycles. The number of fused-ring (bicyclic) bond motifs is 1. The summed E-state index contributed by atoms with van der Waals surface area (Å²) in [6.45, 7) is 17.4. The van der Waals surface area contributed by atoms with Crippen molar-refractivity contribution in [1.82, 2.24) is 14.4 Å². The van der Waals surface area contributed by atoms with Gasteiger partial charge in [-0.1, -0.05) is 39.0 Å². The van der Waals surface area contributed by atoms with Gasteiger partial charge in [-0.15, -0.1) is 0 Å². The minimum atomic E-state index is -0.245. The van der Waals surface area contributed by atoms with Gasteiger partial charge in [0.15, 0.2) is 0 Å². The van der Waals surface area contributed by atoms with Crippen molar-refractivity contribution in [3.05, 3.63) is 86.3 Å². The molecule has 9 nitrogen and oxygen atoms in total. The standard InChI is InChI=1S/C42H53N5O4/c1-27-28(2)39(48)44(7)23-34(27)30-19-37(50-8)35(38(20-30)51-9)24-45-17-14-42(15-18-45)25-46(26-42)36-12-10-11-32-29(3)47(16-13-33(32)36)40(49)31(22-43)21-41(4,5)6/h10-12,19-21,23,29H,13-18,24-26H2,1-9H3/b31-21+/t29-/m1/s1. The van der Waals surface area contributed by atoms with Crippen molar-refractivity contribution >= 4 is 11.6 Å². The zero-order valence-electron chi connectivity index (χ0n) is 31.9. The zero-order chi connectivity index (χ0) is 36.8. The Morgan fingerprint density at radius 2 is 1.69 bits per heavy atom. The van der Waals surface area contributed by atoms with E-state index in [0.717, 1.165) is 91.3 Å². The minimum absolute atomic E-state index is 0.0160. The number of carbonyl (C=O) groups is 1. The summed E-state index contributed by atoms with van der Waals surface area (Å²) in [6, 6.07) is 12.7. The lowest BCUT2D eigenvalue weighted by atomic mass is 9.71. The Labute approximate surface area is 303 Å². The van der Waals surface area contributed by atoms with Crippen molar-refractivity contribution in [1.29, 1.82) is 5.26 Å². The number of allylic oxidation sites excluding steroid dienone is 1. The molecule has 4 heterocycles. The number of methoxy groups -OCH3 is 2. The van der Waals surface area contributed by atoms with Gasteiger partial charge >= 0.3 is 0 Å². The Balaban J connectivity index is 1.12. The van der Waals surface area contributed by atoms with E-state index < -0.39 is 0 Å². The lowest BCUT2D eigenvalue weighted by Crippen LogP contribution is -2.60. The van der Waals surface area contributed by atoms with E-state index in [4.69, 9.17) is 9.47 Å². The molecule has 0 bridgehead atoms. The van der Waals surface area contributed by atoms with E-state index in [9.17, 15) is 14.9 Å². The molecular weight excluding hydrogens is 638 g/mol. The Kier molecular flexibility index (Phi) is 9.86. The van der Waals surface area contributed by atoms with Gasteiger partial charge in [0.25, 0.3) is 11.5 Å². The predicted molar refractivity (Wildman–Crippen MR) is 202 cm³/mol. The molecule has 0 aliphatic carbocycles. The molecule has 0 unspecified atom stereocenters. The summed E-state index contributed by atoms with van der Waals surface area (Å²) < 4.78 is 13.5. The highest BCUT2D eigenvalue weighted by Crippen LogP contribution is 2.46. The highest BCUT2D eigenvalue weighted by atomic mass is 16.5. The van der Waals surface area contributed by atoms with Gasteiger partial charge < -0.3 is 23.8 Å². The maximum absolute atomic E-state index is 13.4. The Morgan fingerprint density at radius 3 is 2.27 bits per heavy atom. The number of ether oxygens (including phenoxy) is 2. The number of benzene rings is 2. The van der Waals surface area contributed by atoms with Crippen LogP contribution in [-0.4, -0.2) is 67.2 Å². The molecule has 3 aromatic rings. The normalized spacial score (nSPS) is 19.0. The van der Waals surface area contributed by atoms with Crippen LogP contribution in [0.15, 0.2) is 53.0 Å². The molecule has 1 spiro atoms. The average Bonchev–Trinajstić information content (AvgIpc) is 3.10. The highest BCUT2D eigenvalue weighted by Gasteiger charge is 2.46. The second-order valence-electron chi connectivity index (χ2n) is 16.0. The van der Waals surface area contributed by atoms with E-state index in [1.807, 2.05) is 45.7 Å². The maximum Gasteiger partial charge on any atom is 0.264 e. The number of aromatic nitrogens is 1. The van der Waals surface area contributed by atoms with E-state index >= 15 is 0 Å². The lowest BCUT2D eigenvalue weighted by molar-refractivity contribution is -0.129. The molecule has 2 saturated heterocycles. The van der Waals surface area contributed by atoms with Crippen LogP contribution in [0.2, 0.25) is 0 Å². The third-order valence-corrected chi connectivity index (χ3v) is 11.4. The Morgan fingerprint density at radius 1 is 1.04 bits per heavy atom. The summed E-state index contributed by atoms with van der Waals surface area (Å²) in [5, 5.41) is 9.77. The van der Waals surface area contributed by atoms with Crippen LogP contribution in [0.4, 0.5) is 5.69 Å². The molecule has 0 N–H and O–H groups in total. The first-order valence-electron chi connectivity index (χ1n) is 18.1. The fourth-order valence-corrected chi connectivity index (χ4v) is 8.37. The second-order valence-corrected chi connectivity index (χ2v) is 16.0. The molecule has 1 atom stereocenters. The average molecular weight is 692 g/mol. The molecule has 0 saturated carbocycles. The van der Waals surface area contributed by atoms with Crippen LogP contribution in [0.5, 0.6) is 11.5 Å². The van der Waals surface area contributed by atoms with E-state index in [0.29, 0.717) is 12.0 Å². The quantitative estimate of drug-likeness (QED) is 0.201. The molecule has 6 rings (SSSR count). The molecule has 51 heavy (non-hydrogen) atoms. The van der Waals surface area contributed by atoms with Gasteiger partial charge in [-0.05, 0) is 99.0 Å². The largest absolute Gasteiger partial charge is 0.496 e. The molecule has 2 fully saturated rings. The van der Waals surface area contributed by atoms with Crippen LogP contribution in [0.3, 0.4) is 0 Å². The topological polar surface area (TPSA) is 91.0 Å². The van der Waals surface area contributed by atoms with E-state index in [1.54, 1.807) is 31.9 Å². The summed E-state index contributed by atoms with van der Waals surface area (Å²) in [6.07, 6.45) is 6.74. The van der Waals surface area contributed by atoms with Crippen molar-refractivity contribution in [2.45, 2.75) is 73.4 Å². The van der Waals surface area contributed by atoms with Crippen LogP contribution >= 0.6 is 0 Å². The molecule has 3 aliphatic rings. The summed E-state index contributed by atoms with van der Waals surface area (Å²) in [7, 11) is 5.21. The minimum Gasteiger partial charge on any atom is -0.496 e. The fourth-order valence-electron chi connectivity index (χ4n) is 8.37. The van der Waals surface area contributed by atoms with Crippen LogP contribution in [-0.2, 0) is 24.8 Å². The molecule has 0 radical (unpaired) electrons. The van der Waals surface area contributed by atoms with E-state index in [1.165, 1.54) is 16.8 Å². The highest BCUT2D eigenvalue weighted by molar-refractivity contribution is 5.97. The number of anilines is 1. The number of amides is 1. The Bertz CT molecular complexity index is 1940. The number of nitrogens with zero attached hydrogens (tertiary/aromatic N) is 5. The summed E-state index contributed by atoms with van der Waals surface area (Å²) >= 11 is 0. The van der Waals surface area contributed by atoms with Gasteiger partial charge in [-0.25, -0.2) is 0 Å². The van der Waals surface area contributed by atoms with Gasteiger partial charge in [0.1, 0.15) is 23.1 Å². The van der Waals surface area contributed by atoms with Gasteiger partial charge in [0.05, 0.1) is 25.8 Å². The number of aryl methyl sites for hydroxylation is 1. The van der Waals surface area contributed by atoms with Crippen LogP contribution < -0.4 is 19.9 Å². The molecule has 1 amide bonds. The van der Waals surface area contributed by atoms with Crippen LogP contribution in [0, 0.1) is 36.0 Å². The van der Waals surface area contributed by atoms with Gasteiger partial charge in [0, 0.05) is 61.7 Å². The van der Waals surface area contributed by atoms with Crippen molar-refractivity contribution in [3.8, 4) is 28.7 Å². The first-order valence-corrected chi connectivity index (χ1v) is 18.1. The van der Waals surface area contributed by atoms with E-state index in [2.05, 4.69) is 53.1 Å². The van der Waals surface area contributed by atoms with Crippen LogP contribution in [0.25, 0.3) is 11.1 Å². The monoisotopic (exact) mass is 691 g/mol. The smallest absolute Gasteiger partial charge is 0.264 e. The molecule has 9 heteroatoms.